The quantitative estimate of drug-likeness (QED) is 0.215. The number of aldehydes is 1. The predicted molar refractivity (Wildman–Crippen MR) is 119 cm³/mol. The smallest absolute Gasteiger partial charge is 0.416 e. The van der Waals surface area contributed by atoms with Crippen LogP contribution in [0, 0.1) is 0 Å². The highest BCUT2D eigenvalue weighted by Gasteiger charge is 2.32. The maximum Gasteiger partial charge on any atom is 0.416 e. The van der Waals surface area contributed by atoms with Gasteiger partial charge in [0.15, 0.2) is 6.29 Å². The lowest BCUT2D eigenvalue weighted by Crippen LogP contribution is -2.26. The van der Waals surface area contributed by atoms with E-state index in [0.29, 0.717) is 19.1 Å². The number of carbonyl (C=O) groups is 2. The summed E-state index contributed by atoms with van der Waals surface area (Å²) >= 11 is 0. The summed E-state index contributed by atoms with van der Waals surface area (Å²) in [5.74, 6) is -0.699. The van der Waals surface area contributed by atoms with E-state index in [0.717, 1.165) is 41.5 Å². The zero-order chi connectivity index (χ0) is 27.5. The lowest BCUT2D eigenvalue weighted by atomic mass is 10.1. The molecule has 0 aliphatic rings. The Bertz CT molecular complexity index is 1010. The van der Waals surface area contributed by atoms with Crippen LogP contribution >= 0.6 is 0 Å². The molecule has 0 aromatic heterocycles. The molecule has 0 aliphatic carbocycles. The minimum Gasteiger partial charge on any atom is -0.493 e. The highest BCUT2D eigenvalue weighted by molar-refractivity contribution is 5.96. The second-order valence-electron chi connectivity index (χ2n) is 7.26. The van der Waals surface area contributed by atoms with E-state index in [1.54, 1.807) is 0 Å². The van der Waals surface area contributed by atoms with E-state index >= 15 is 0 Å². The van der Waals surface area contributed by atoms with Crippen molar-refractivity contribution in [3.63, 3.8) is 0 Å². The molecule has 0 fully saturated rings. The van der Waals surface area contributed by atoms with E-state index in [9.17, 15) is 35.9 Å². The fraction of sp³-hybridized carbons (Fsp3) is 0.417. The molecule has 0 radical (unpaired) electrons. The number of nitrogens with zero attached hydrogens (tertiary/aromatic N) is 1. The highest BCUT2D eigenvalue weighted by Crippen LogP contribution is 2.34. The molecule has 0 N–H and O–H groups in total. The predicted octanol–water partition coefficient (Wildman–Crippen LogP) is 6.43. The van der Waals surface area contributed by atoms with E-state index < -0.39 is 29.4 Å². The fourth-order valence-electron chi connectivity index (χ4n) is 2.60. The molecule has 0 saturated heterocycles. The monoisotopic (exact) mass is 523 g/mol. The molecule has 0 bridgehead atoms. The van der Waals surface area contributed by atoms with Crippen molar-refractivity contribution in [2.75, 3.05) is 27.4 Å². The highest BCUT2D eigenvalue weighted by atomic mass is 19.4. The molecule has 0 saturated carbocycles. The van der Waals surface area contributed by atoms with Gasteiger partial charge in [0.25, 0.3) is 5.91 Å². The van der Waals surface area contributed by atoms with Crippen molar-refractivity contribution in [3.8, 4) is 11.5 Å². The number of amides is 1. The molecular weight excluding hydrogens is 496 g/mol. The standard InChI is InChI=1S/C13H16F3NO3.C11H11F3O2/c1-4-7-20-11-8-9(13(14,15)16)5-6-10(11)12(18)17(2)19-3;1-2-5-16-10-6-9(11(12,13)14)4-3-8(10)7-15/h5-6,8H,4,7H2,1-3H3;3-4,6-7H,2,5H2,1H3. The average molecular weight is 523 g/mol. The van der Waals surface area contributed by atoms with Gasteiger partial charge < -0.3 is 9.47 Å². The number of benzene rings is 2. The number of ether oxygens (including phenoxy) is 2. The summed E-state index contributed by atoms with van der Waals surface area (Å²) < 4.78 is 85.5. The fourth-order valence-corrected chi connectivity index (χ4v) is 2.60. The summed E-state index contributed by atoms with van der Waals surface area (Å²) in [6.45, 7) is 4.14. The number of rotatable bonds is 9. The van der Waals surface area contributed by atoms with Crippen molar-refractivity contribution in [2.24, 2.45) is 0 Å². The zero-order valence-electron chi connectivity index (χ0n) is 20.1. The summed E-state index contributed by atoms with van der Waals surface area (Å²) in [4.78, 5) is 27.3. The molecule has 0 aliphatic heterocycles. The molecule has 2 rings (SSSR count). The molecule has 200 valence electrons. The summed E-state index contributed by atoms with van der Waals surface area (Å²) in [6, 6.07) is 5.58. The summed E-state index contributed by atoms with van der Waals surface area (Å²) in [5, 5.41) is 0.918. The van der Waals surface area contributed by atoms with Crippen LogP contribution in [0.15, 0.2) is 36.4 Å². The Morgan fingerprint density at radius 1 is 0.861 bits per heavy atom. The molecular formula is C24H27F6NO5. The Kier molecular flexibility index (Phi) is 11.7. The summed E-state index contributed by atoms with van der Waals surface area (Å²) in [5.41, 5.74) is -1.53. The second kappa shape index (κ2) is 13.7. The Morgan fingerprint density at radius 2 is 1.33 bits per heavy atom. The Balaban J connectivity index is 0.000000369. The first-order valence-electron chi connectivity index (χ1n) is 10.7. The topological polar surface area (TPSA) is 65.1 Å². The first-order chi connectivity index (χ1) is 16.8. The first kappa shape index (κ1) is 30.8. The minimum atomic E-state index is -4.49. The Morgan fingerprint density at radius 3 is 1.78 bits per heavy atom. The van der Waals surface area contributed by atoms with Crippen LogP contribution in [-0.2, 0) is 17.2 Å². The van der Waals surface area contributed by atoms with Gasteiger partial charge in [-0.2, -0.15) is 26.3 Å². The van der Waals surface area contributed by atoms with Crippen molar-refractivity contribution in [1.29, 1.82) is 0 Å². The van der Waals surface area contributed by atoms with Crippen molar-refractivity contribution in [2.45, 2.75) is 39.0 Å². The van der Waals surface area contributed by atoms with Crippen LogP contribution in [0.3, 0.4) is 0 Å². The number of carbonyl (C=O) groups excluding carboxylic acids is 2. The van der Waals surface area contributed by atoms with Gasteiger partial charge in [0.05, 0.1) is 42.6 Å². The lowest BCUT2D eigenvalue weighted by molar-refractivity contribution is -0.138. The van der Waals surface area contributed by atoms with Crippen molar-refractivity contribution in [1.82, 2.24) is 5.06 Å². The van der Waals surface area contributed by atoms with Crippen molar-refractivity contribution >= 4 is 12.2 Å². The Hall–Kier alpha value is -3.28. The molecule has 0 heterocycles. The molecule has 12 heteroatoms. The SMILES string of the molecule is CCCOc1cc(C(F)(F)F)ccc1C(=O)N(C)OC.CCCOc1cc(C(F)(F)F)ccc1C=O. The van der Waals surface area contributed by atoms with Crippen LogP contribution < -0.4 is 9.47 Å². The summed E-state index contributed by atoms with van der Waals surface area (Å²) in [7, 11) is 2.65. The third kappa shape index (κ3) is 9.06. The van der Waals surface area contributed by atoms with Gasteiger partial charge in [-0.05, 0) is 49.2 Å². The summed E-state index contributed by atoms with van der Waals surface area (Å²) in [6.07, 6.45) is -7.16. The van der Waals surface area contributed by atoms with Crippen molar-refractivity contribution in [3.05, 3.63) is 58.7 Å². The molecule has 1 amide bonds. The van der Waals surface area contributed by atoms with Crippen LogP contribution in [0.4, 0.5) is 26.3 Å². The van der Waals surface area contributed by atoms with Crippen LogP contribution in [0.25, 0.3) is 0 Å². The van der Waals surface area contributed by atoms with E-state index in [1.165, 1.54) is 14.2 Å². The van der Waals surface area contributed by atoms with Gasteiger partial charge in [0.2, 0.25) is 0 Å². The van der Waals surface area contributed by atoms with Crippen molar-refractivity contribution < 1.29 is 50.2 Å². The molecule has 0 unspecified atom stereocenters. The van der Waals surface area contributed by atoms with E-state index in [1.807, 2.05) is 13.8 Å². The minimum absolute atomic E-state index is 0.0216. The average Bonchev–Trinajstić information content (AvgIpc) is 2.84. The molecule has 6 nitrogen and oxygen atoms in total. The van der Waals surface area contributed by atoms with Gasteiger partial charge in [-0.1, -0.05) is 13.8 Å². The maximum absolute atomic E-state index is 12.7. The first-order valence-corrected chi connectivity index (χ1v) is 10.7. The van der Waals surface area contributed by atoms with Gasteiger partial charge in [-0.25, -0.2) is 5.06 Å². The molecule has 0 atom stereocenters. The molecule has 2 aromatic carbocycles. The normalized spacial score (nSPS) is 11.3. The van der Waals surface area contributed by atoms with Gasteiger partial charge in [-0.15, -0.1) is 0 Å². The second-order valence-corrected chi connectivity index (χ2v) is 7.26. The van der Waals surface area contributed by atoms with Gasteiger partial charge in [0.1, 0.15) is 11.5 Å². The van der Waals surface area contributed by atoms with E-state index in [-0.39, 0.29) is 35.8 Å². The number of halogens is 6. The van der Waals surface area contributed by atoms with Crippen LogP contribution in [0.5, 0.6) is 11.5 Å². The zero-order valence-corrected chi connectivity index (χ0v) is 20.1. The number of alkyl halides is 6. The number of hydrogen-bond donors (Lipinski definition) is 0. The third-order valence-electron chi connectivity index (χ3n) is 4.49. The van der Waals surface area contributed by atoms with Crippen LogP contribution in [-0.4, -0.2) is 44.6 Å². The van der Waals surface area contributed by atoms with Gasteiger partial charge in [-0.3, -0.25) is 14.4 Å². The van der Waals surface area contributed by atoms with Gasteiger partial charge in [0, 0.05) is 7.05 Å². The lowest BCUT2D eigenvalue weighted by Gasteiger charge is -2.18. The largest absolute Gasteiger partial charge is 0.493 e. The number of hydrogen-bond acceptors (Lipinski definition) is 5. The molecule has 36 heavy (non-hydrogen) atoms. The molecule has 0 spiro atoms. The Labute approximate surface area is 204 Å². The molecule has 2 aromatic rings. The van der Waals surface area contributed by atoms with E-state index in [4.69, 9.17) is 14.3 Å². The van der Waals surface area contributed by atoms with Crippen LogP contribution in [0.2, 0.25) is 0 Å². The van der Waals surface area contributed by atoms with Gasteiger partial charge >= 0.3 is 12.4 Å². The third-order valence-corrected chi connectivity index (χ3v) is 4.49. The maximum atomic E-state index is 12.7. The number of hydroxylamine groups is 2. The van der Waals surface area contributed by atoms with E-state index in [2.05, 4.69) is 0 Å². The van der Waals surface area contributed by atoms with Crippen LogP contribution in [0.1, 0.15) is 58.5 Å².